The molecule has 0 aliphatic heterocycles. The van der Waals surface area contributed by atoms with Gasteiger partial charge in [0.05, 0.1) is 12.8 Å². The zero-order chi connectivity index (χ0) is 12.8. The number of hydrogen-bond donors (Lipinski definition) is 2. The Morgan fingerprint density at radius 1 is 1.33 bits per heavy atom. The summed E-state index contributed by atoms with van der Waals surface area (Å²) in [6, 6.07) is 7.79. The van der Waals surface area contributed by atoms with E-state index in [0.29, 0.717) is 5.82 Å². The van der Waals surface area contributed by atoms with Gasteiger partial charge in [0.15, 0.2) is 0 Å². The van der Waals surface area contributed by atoms with E-state index < -0.39 is 0 Å². The smallest absolute Gasteiger partial charge is 0.139 e. The van der Waals surface area contributed by atoms with Crippen molar-refractivity contribution in [1.29, 1.82) is 0 Å². The van der Waals surface area contributed by atoms with E-state index in [2.05, 4.69) is 22.2 Å². The minimum absolute atomic E-state index is 0.674. The summed E-state index contributed by atoms with van der Waals surface area (Å²) in [4.78, 5) is 6.48. The zero-order valence-corrected chi connectivity index (χ0v) is 10.5. The number of nitrogen functional groups attached to an aromatic ring is 1. The summed E-state index contributed by atoms with van der Waals surface area (Å²) in [5.74, 6) is 6.93. The lowest BCUT2D eigenvalue weighted by Gasteiger charge is -2.19. The molecule has 2 rings (SSSR count). The third-order valence-corrected chi connectivity index (χ3v) is 2.79. The molecule has 96 valence electrons. The maximum absolute atomic E-state index is 5.36. The second-order valence-electron chi connectivity index (χ2n) is 4.08. The highest BCUT2D eigenvalue weighted by atomic mass is 16.3. The summed E-state index contributed by atoms with van der Waals surface area (Å²) in [6.07, 6.45) is 3.53. The molecule has 18 heavy (non-hydrogen) atoms. The largest absolute Gasteiger partial charge is 0.468 e. The van der Waals surface area contributed by atoms with E-state index in [1.807, 2.05) is 30.5 Å². The Bertz CT molecular complexity index is 452. The second kappa shape index (κ2) is 6.18. The van der Waals surface area contributed by atoms with Crippen molar-refractivity contribution < 1.29 is 4.42 Å². The van der Waals surface area contributed by atoms with Gasteiger partial charge in [-0.05, 0) is 30.3 Å². The monoisotopic (exact) mass is 246 g/mol. The minimum Gasteiger partial charge on any atom is -0.468 e. The first kappa shape index (κ1) is 12.6. The number of nitrogens with one attached hydrogen (secondary N) is 1. The van der Waals surface area contributed by atoms with Gasteiger partial charge in [-0.1, -0.05) is 13.0 Å². The lowest BCUT2D eigenvalue weighted by Crippen LogP contribution is -2.22. The molecule has 3 N–H and O–H groups in total. The first-order valence-electron chi connectivity index (χ1n) is 5.98. The molecular formula is C13H18N4O. The number of nitrogens with zero attached hydrogens (tertiary/aromatic N) is 2. The number of pyridine rings is 1. The predicted octanol–water partition coefficient (Wildman–Crippen LogP) is 1.98. The number of rotatable bonds is 6. The van der Waals surface area contributed by atoms with Crippen LogP contribution in [0.15, 0.2) is 41.1 Å². The highest BCUT2D eigenvalue weighted by Gasteiger charge is 2.07. The molecule has 5 heteroatoms. The average molecular weight is 246 g/mol. The number of nitrogens with two attached hydrogens (primary N) is 1. The maximum atomic E-state index is 5.36. The van der Waals surface area contributed by atoms with E-state index in [-0.39, 0.29) is 0 Å². The Hall–Kier alpha value is -1.85. The topological polar surface area (TPSA) is 67.3 Å². The van der Waals surface area contributed by atoms with Crippen molar-refractivity contribution in [3.63, 3.8) is 0 Å². The fourth-order valence-corrected chi connectivity index (χ4v) is 1.76. The van der Waals surface area contributed by atoms with E-state index in [9.17, 15) is 0 Å². The van der Waals surface area contributed by atoms with Crippen LogP contribution in [0.1, 0.15) is 18.2 Å². The van der Waals surface area contributed by atoms with Crippen LogP contribution in [-0.4, -0.2) is 16.4 Å². The highest BCUT2D eigenvalue weighted by molar-refractivity contribution is 5.33. The fraction of sp³-hybridized carbons (Fsp3) is 0.308. The van der Waals surface area contributed by atoms with Crippen LogP contribution in [0.25, 0.3) is 0 Å². The standard InChI is InChI=1S/C13H18N4O/c1-2-17(10-12-4-3-7-18-12)9-11-5-6-13(16-14)15-8-11/h3-8H,2,9-10,14H2,1H3,(H,15,16). The van der Waals surface area contributed by atoms with Gasteiger partial charge in [-0.25, -0.2) is 10.8 Å². The normalized spacial score (nSPS) is 10.8. The summed E-state index contributed by atoms with van der Waals surface area (Å²) >= 11 is 0. The van der Waals surface area contributed by atoms with Gasteiger partial charge in [0.1, 0.15) is 11.6 Å². The van der Waals surface area contributed by atoms with Crippen molar-refractivity contribution >= 4 is 5.82 Å². The van der Waals surface area contributed by atoms with Crippen molar-refractivity contribution in [3.05, 3.63) is 48.0 Å². The van der Waals surface area contributed by atoms with Crippen molar-refractivity contribution in [2.45, 2.75) is 20.0 Å². The Balaban J connectivity index is 1.96. The van der Waals surface area contributed by atoms with Crippen LogP contribution in [0.2, 0.25) is 0 Å². The van der Waals surface area contributed by atoms with Crippen LogP contribution in [0.5, 0.6) is 0 Å². The third kappa shape index (κ3) is 3.32. The van der Waals surface area contributed by atoms with Gasteiger partial charge < -0.3 is 9.84 Å². The van der Waals surface area contributed by atoms with Gasteiger partial charge in [0.2, 0.25) is 0 Å². The second-order valence-corrected chi connectivity index (χ2v) is 4.08. The van der Waals surface area contributed by atoms with Crippen molar-refractivity contribution in [1.82, 2.24) is 9.88 Å². The van der Waals surface area contributed by atoms with Crippen molar-refractivity contribution in [2.75, 3.05) is 12.0 Å². The minimum atomic E-state index is 0.674. The van der Waals surface area contributed by atoms with Crippen LogP contribution in [0, 0.1) is 0 Å². The Kier molecular flexibility index (Phi) is 4.33. The Morgan fingerprint density at radius 3 is 2.78 bits per heavy atom. The molecule has 0 aliphatic rings. The van der Waals surface area contributed by atoms with Gasteiger partial charge in [-0.3, -0.25) is 4.90 Å². The van der Waals surface area contributed by atoms with Crippen LogP contribution in [0.3, 0.4) is 0 Å². The molecule has 0 saturated carbocycles. The lowest BCUT2D eigenvalue weighted by atomic mass is 10.2. The molecule has 2 aromatic rings. The molecular weight excluding hydrogens is 228 g/mol. The summed E-state index contributed by atoms with van der Waals surface area (Å²) in [5.41, 5.74) is 3.67. The van der Waals surface area contributed by atoms with E-state index in [4.69, 9.17) is 10.3 Å². The molecule has 0 aliphatic carbocycles. The molecule has 0 bridgehead atoms. The van der Waals surface area contributed by atoms with E-state index in [1.54, 1.807) is 6.26 Å². The SMILES string of the molecule is CCN(Cc1ccc(NN)nc1)Cc1ccco1. The van der Waals surface area contributed by atoms with E-state index in [0.717, 1.165) is 31.0 Å². The van der Waals surface area contributed by atoms with Gasteiger partial charge in [0.25, 0.3) is 0 Å². The molecule has 0 atom stereocenters. The summed E-state index contributed by atoms with van der Waals surface area (Å²) < 4.78 is 5.36. The molecule has 2 heterocycles. The number of aromatic nitrogens is 1. The van der Waals surface area contributed by atoms with Crippen LogP contribution < -0.4 is 11.3 Å². The molecule has 5 nitrogen and oxygen atoms in total. The van der Waals surface area contributed by atoms with E-state index >= 15 is 0 Å². The Morgan fingerprint density at radius 2 is 2.22 bits per heavy atom. The zero-order valence-electron chi connectivity index (χ0n) is 10.5. The van der Waals surface area contributed by atoms with Crippen LogP contribution >= 0.6 is 0 Å². The van der Waals surface area contributed by atoms with Crippen molar-refractivity contribution in [2.24, 2.45) is 5.84 Å². The average Bonchev–Trinajstić information content (AvgIpc) is 2.91. The lowest BCUT2D eigenvalue weighted by molar-refractivity contribution is 0.247. The number of anilines is 1. The van der Waals surface area contributed by atoms with Gasteiger partial charge in [-0.2, -0.15) is 0 Å². The molecule has 2 aromatic heterocycles. The molecule has 0 radical (unpaired) electrons. The Labute approximate surface area is 107 Å². The first-order chi connectivity index (χ1) is 8.81. The maximum Gasteiger partial charge on any atom is 0.139 e. The number of hydrogen-bond acceptors (Lipinski definition) is 5. The van der Waals surface area contributed by atoms with E-state index in [1.165, 1.54) is 0 Å². The van der Waals surface area contributed by atoms with Crippen LogP contribution in [-0.2, 0) is 13.1 Å². The summed E-state index contributed by atoms with van der Waals surface area (Å²) in [6.45, 7) is 4.74. The molecule has 0 amide bonds. The third-order valence-electron chi connectivity index (χ3n) is 2.79. The summed E-state index contributed by atoms with van der Waals surface area (Å²) in [5, 5.41) is 0. The molecule has 0 aromatic carbocycles. The molecule has 0 unspecified atom stereocenters. The summed E-state index contributed by atoms with van der Waals surface area (Å²) in [7, 11) is 0. The predicted molar refractivity (Wildman–Crippen MR) is 70.5 cm³/mol. The van der Waals surface area contributed by atoms with Gasteiger partial charge in [-0.15, -0.1) is 0 Å². The number of hydrazine groups is 1. The molecule has 0 saturated heterocycles. The fourth-order valence-electron chi connectivity index (χ4n) is 1.76. The van der Waals surface area contributed by atoms with Gasteiger partial charge >= 0.3 is 0 Å². The molecule has 0 spiro atoms. The number of furan rings is 1. The van der Waals surface area contributed by atoms with Crippen molar-refractivity contribution in [3.8, 4) is 0 Å². The van der Waals surface area contributed by atoms with Gasteiger partial charge in [0, 0.05) is 12.7 Å². The quantitative estimate of drug-likeness (QED) is 0.602. The first-order valence-corrected chi connectivity index (χ1v) is 5.98. The molecule has 0 fully saturated rings. The highest BCUT2D eigenvalue weighted by Crippen LogP contribution is 2.10. The van der Waals surface area contributed by atoms with Crippen LogP contribution in [0.4, 0.5) is 5.82 Å².